The van der Waals surface area contributed by atoms with E-state index in [-0.39, 0.29) is 11.8 Å². The minimum absolute atomic E-state index is 0.145. The van der Waals surface area contributed by atoms with Gasteiger partial charge in [0.15, 0.2) is 11.5 Å². The number of methoxy groups -OCH3 is 3. The molecule has 1 aliphatic rings. The molecule has 0 saturated carbocycles. The number of hydrogen-bond donors (Lipinski definition) is 1. The molecule has 140 valence electrons. The van der Waals surface area contributed by atoms with Crippen LogP contribution < -0.4 is 14.2 Å². The highest BCUT2D eigenvalue weighted by atomic mass is 16.5. The Labute approximate surface area is 153 Å². The Hall–Kier alpha value is -2.44. The van der Waals surface area contributed by atoms with Crippen molar-refractivity contribution in [3.63, 3.8) is 0 Å². The van der Waals surface area contributed by atoms with Crippen LogP contribution in [-0.2, 0) is 4.74 Å². The summed E-state index contributed by atoms with van der Waals surface area (Å²) in [6, 6.07) is 11.0. The number of morpholine rings is 1. The van der Waals surface area contributed by atoms with Gasteiger partial charge in [-0.05, 0) is 35.9 Å². The number of benzene rings is 2. The summed E-state index contributed by atoms with van der Waals surface area (Å²) >= 11 is 0. The second kappa shape index (κ2) is 8.29. The number of rotatable bonds is 6. The Balaban J connectivity index is 2.09. The van der Waals surface area contributed by atoms with E-state index in [0.29, 0.717) is 30.5 Å². The first-order valence-corrected chi connectivity index (χ1v) is 8.58. The molecule has 2 aromatic carbocycles. The molecule has 6 nitrogen and oxygen atoms in total. The third-order valence-electron chi connectivity index (χ3n) is 4.66. The summed E-state index contributed by atoms with van der Waals surface area (Å²) in [4.78, 5) is 2.29. The maximum atomic E-state index is 10.6. The molecule has 26 heavy (non-hydrogen) atoms. The van der Waals surface area contributed by atoms with Crippen LogP contribution in [0.25, 0.3) is 0 Å². The maximum absolute atomic E-state index is 10.6. The fraction of sp³-hybridized carbons (Fsp3) is 0.400. The summed E-state index contributed by atoms with van der Waals surface area (Å²) in [6.45, 7) is 2.87. The van der Waals surface area contributed by atoms with Crippen molar-refractivity contribution in [3.05, 3.63) is 47.5 Å². The molecule has 1 aliphatic heterocycles. The topological polar surface area (TPSA) is 60.4 Å². The van der Waals surface area contributed by atoms with Gasteiger partial charge in [-0.3, -0.25) is 4.90 Å². The molecular formula is C20H25NO5. The van der Waals surface area contributed by atoms with Crippen LogP contribution >= 0.6 is 0 Å². The number of ether oxygens (including phenoxy) is 4. The molecule has 1 fully saturated rings. The summed E-state index contributed by atoms with van der Waals surface area (Å²) in [5.41, 5.74) is 1.80. The predicted octanol–water partition coefficient (Wildman–Crippen LogP) is 2.84. The van der Waals surface area contributed by atoms with Crippen LogP contribution in [-0.4, -0.2) is 57.6 Å². The summed E-state index contributed by atoms with van der Waals surface area (Å²) in [5.74, 6) is 2.27. The van der Waals surface area contributed by atoms with E-state index in [2.05, 4.69) is 4.90 Å². The number of hydrogen-bond acceptors (Lipinski definition) is 6. The Bertz CT molecular complexity index is 743. The van der Waals surface area contributed by atoms with E-state index in [1.165, 1.54) is 0 Å². The smallest absolute Gasteiger partial charge is 0.161 e. The lowest BCUT2D eigenvalue weighted by atomic mass is 9.95. The van der Waals surface area contributed by atoms with Crippen molar-refractivity contribution in [1.82, 2.24) is 4.90 Å². The van der Waals surface area contributed by atoms with Crippen LogP contribution in [0, 0.1) is 0 Å². The first-order valence-electron chi connectivity index (χ1n) is 8.58. The van der Waals surface area contributed by atoms with Gasteiger partial charge in [-0.15, -0.1) is 0 Å². The second-order valence-electron chi connectivity index (χ2n) is 6.09. The standard InChI is InChI=1S/C20H25NO5/c1-23-15-5-6-17(22)16(13-15)20(21-8-10-26-11-9-21)14-4-7-18(24-2)19(12-14)25-3/h4-7,12-13,20,22H,8-11H2,1-3H3. The minimum Gasteiger partial charge on any atom is -0.508 e. The molecule has 0 aromatic heterocycles. The van der Waals surface area contributed by atoms with E-state index in [0.717, 1.165) is 24.2 Å². The van der Waals surface area contributed by atoms with E-state index in [1.807, 2.05) is 24.3 Å². The Morgan fingerprint density at radius 1 is 0.923 bits per heavy atom. The lowest BCUT2D eigenvalue weighted by Crippen LogP contribution is -2.39. The van der Waals surface area contributed by atoms with Crippen LogP contribution in [0.5, 0.6) is 23.0 Å². The molecule has 0 radical (unpaired) electrons. The number of phenols is 1. The van der Waals surface area contributed by atoms with Crippen LogP contribution in [0.3, 0.4) is 0 Å². The van der Waals surface area contributed by atoms with Crippen molar-refractivity contribution in [3.8, 4) is 23.0 Å². The largest absolute Gasteiger partial charge is 0.508 e. The van der Waals surface area contributed by atoms with Crippen LogP contribution in [0.15, 0.2) is 36.4 Å². The first-order chi connectivity index (χ1) is 12.7. The molecule has 1 saturated heterocycles. The molecule has 6 heteroatoms. The van der Waals surface area contributed by atoms with Gasteiger partial charge in [-0.1, -0.05) is 6.07 Å². The Kier molecular flexibility index (Phi) is 5.85. The van der Waals surface area contributed by atoms with Gasteiger partial charge < -0.3 is 24.1 Å². The van der Waals surface area contributed by atoms with E-state index < -0.39 is 0 Å². The predicted molar refractivity (Wildman–Crippen MR) is 98.4 cm³/mol. The van der Waals surface area contributed by atoms with E-state index >= 15 is 0 Å². The molecular weight excluding hydrogens is 334 g/mol. The average molecular weight is 359 g/mol. The van der Waals surface area contributed by atoms with Crippen molar-refractivity contribution < 1.29 is 24.1 Å². The molecule has 1 atom stereocenters. The van der Waals surface area contributed by atoms with Crippen molar-refractivity contribution in [2.75, 3.05) is 47.6 Å². The Morgan fingerprint density at radius 3 is 2.31 bits per heavy atom. The molecule has 0 bridgehead atoms. The van der Waals surface area contributed by atoms with Crippen molar-refractivity contribution in [2.45, 2.75) is 6.04 Å². The SMILES string of the molecule is COc1ccc(O)c(C(c2ccc(OC)c(OC)c2)N2CCOCC2)c1. The first kappa shape index (κ1) is 18.4. The van der Waals surface area contributed by atoms with Crippen molar-refractivity contribution in [1.29, 1.82) is 0 Å². The highest BCUT2D eigenvalue weighted by molar-refractivity contribution is 5.49. The van der Waals surface area contributed by atoms with Gasteiger partial charge in [0, 0.05) is 18.7 Å². The second-order valence-corrected chi connectivity index (χ2v) is 6.09. The summed E-state index contributed by atoms with van der Waals surface area (Å²) in [5, 5.41) is 10.6. The fourth-order valence-electron chi connectivity index (χ4n) is 3.32. The van der Waals surface area contributed by atoms with Gasteiger partial charge >= 0.3 is 0 Å². The minimum atomic E-state index is -0.145. The highest BCUT2D eigenvalue weighted by Crippen LogP contribution is 2.39. The van der Waals surface area contributed by atoms with Crippen LogP contribution in [0.2, 0.25) is 0 Å². The van der Waals surface area contributed by atoms with E-state index in [4.69, 9.17) is 18.9 Å². The average Bonchev–Trinajstić information content (AvgIpc) is 2.70. The quantitative estimate of drug-likeness (QED) is 0.856. The van der Waals surface area contributed by atoms with Crippen molar-refractivity contribution >= 4 is 0 Å². The lowest BCUT2D eigenvalue weighted by molar-refractivity contribution is 0.0235. The highest BCUT2D eigenvalue weighted by Gasteiger charge is 2.28. The van der Waals surface area contributed by atoms with Crippen molar-refractivity contribution in [2.24, 2.45) is 0 Å². The molecule has 1 N–H and O–H groups in total. The Morgan fingerprint density at radius 2 is 1.65 bits per heavy atom. The van der Waals surface area contributed by atoms with Gasteiger partial charge in [0.05, 0.1) is 40.6 Å². The normalized spacial score (nSPS) is 16.1. The van der Waals surface area contributed by atoms with Gasteiger partial charge in [0.25, 0.3) is 0 Å². The molecule has 2 aromatic rings. The monoisotopic (exact) mass is 359 g/mol. The molecule has 1 heterocycles. The van der Waals surface area contributed by atoms with Gasteiger partial charge in [0.2, 0.25) is 0 Å². The zero-order valence-electron chi connectivity index (χ0n) is 15.4. The summed E-state index contributed by atoms with van der Waals surface area (Å²) < 4.78 is 21.7. The van der Waals surface area contributed by atoms with E-state index in [1.54, 1.807) is 33.5 Å². The van der Waals surface area contributed by atoms with Gasteiger partial charge in [-0.2, -0.15) is 0 Å². The van der Waals surface area contributed by atoms with Gasteiger partial charge in [-0.25, -0.2) is 0 Å². The summed E-state index contributed by atoms with van der Waals surface area (Å²) in [7, 11) is 4.86. The van der Waals surface area contributed by atoms with Crippen LogP contribution in [0.1, 0.15) is 17.2 Å². The van der Waals surface area contributed by atoms with E-state index in [9.17, 15) is 5.11 Å². The third kappa shape index (κ3) is 3.71. The van der Waals surface area contributed by atoms with Gasteiger partial charge in [0.1, 0.15) is 11.5 Å². The molecule has 0 amide bonds. The molecule has 0 aliphatic carbocycles. The summed E-state index contributed by atoms with van der Waals surface area (Å²) in [6.07, 6.45) is 0. The molecule has 1 unspecified atom stereocenters. The number of aromatic hydroxyl groups is 1. The molecule has 0 spiro atoms. The maximum Gasteiger partial charge on any atom is 0.161 e. The fourth-order valence-corrected chi connectivity index (χ4v) is 3.32. The number of nitrogens with zero attached hydrogens (tertiary/aromatic N) is 1. The number of phenolic OH excluding ortho intramolecular Hbond substituents is 1. The molecule has 3 rings (SSSR count). The van der Waals surface area contributed by atoms with Crippen LogP contribution in [0.4, 0.5) is 0 Å². The zero-order valence-corrected chi connectivity index (χ0v) is 15.4. The third-order valence-corrected chi connectivity index (χ3v) is 4.66. The zero-order chi connectivity index (χ0) is 18.5. The lowest BCUT2D eigenvalue weighted by Gasteiger charge is -2.35.